The summed E-state index contributed by atoms with van der Waals surface area (Å²) >= 11 is 0. The van der Waals surface area contributed by atoms with Crippen LogP contribution in [0.1, 0.15) is 65.2 Å². The zero-order valence-electron chi connectivity index (χ0n) is 13.4. The van der Waals surface area contributed by atoms with Gasteiger partial charge in [0.15, 0.2) is 0 Å². The fraction of sp³-hybridized carbons (Fsp3) is 0.789. The van der Waals surface area contributed by atoms with Crippen LogP contribution in [0.5, 0.6) is 0 Å². The van der Waals surface area contributed by atoms with E-state index in [-0.39, 0.29) is 16.9 Å². The monoisotopic (exact) mass is 288 g/mol. The lowest BCUT2D eigenvalue weighted by molar-refractivity contribution is -0.0225. The van der Waals surface area contributed by atoms with E-state index in [0.29, 0.717) is 23.7 Å². The second-order valence-corrected chi connectivity index (χ2v) is 8.42. The van der Waals surface area contributed by atoms with Crippen molar-refractivity contribution >= 4 is 0 Å². The standard InChI is InChI=1S/C19H28O2/c1-18-10-3-4-14(18)13-7-5-12-6-8-16(20)17(21)19(12,2)15(13)9-11-18/h5,13-15,20-21H,3-4,6-11H2,1-2H3/t13-,14-,15-,18-,19-/m0/s1. The Bertz CT molecular complexity index is 532. The maximum atomic E-state index is 10.7. The van der Waals surface area contributed by atoms with Crippen molar-refractivity contribution in [1.29, 1.82) is 0 Å². The van der Waals surface area contributed by atoms with Gasteiger partial charge in [-0.2, -0.15) is 0 Å². The first-order chi connectivity index (χ1) is 9.97. The van der Waals surface area contributed by atoms with Gasteiger partial charge in [-0.1, -0.05) is 25.0 Å². The van der Waals surface area contributed by atoms with Crippen molar-refractivity contribution < 1.29 is 10.2 Å². The van der Waals surface area contributed by atoms with Crippen LogP contribution in [0.3, 0.4) is 0 Å². The topological polar surface area (TPSA) is 40.5 Å². The van der Waals surface area contributed by atoms with E-state index < -0.39 is 0 Å². The molecule has 21 heavy (non-hydrogen) atoms. The summed E-state index contributed by atoms with van der Waals surface area (Å²) in [7, 11) is 0. The molecule has 4 aliphatic carbocycles. The molecule has 0 amide bonds. The summed E-state index contributed by atoms with van der Waals surface area (Å²) in [5, 5.41) is 20.8. The molecular formula is C19H28O2. The van der Waals surface area contributed by atoms with E-state index in [4.69, 9.17) is 0 Å². The lowest BCUT2D eigenvalue weighted by Crippen LogP contribution is -2.49. The zero-order valence-corrected chi connectivity index (χ0v) is 13.4. The van der Waals surface area contributed by atoms with Gasteiger partial charge in [-0.3, -0.25) is 0 Å². The first kappa shape index (κ1) is 13.7. The second-order valence-electron chi connectivity index (χ2n) is 8.42. The van der Waals surface area contributed by atoms with Gasteiger partial charge in [0.1, 0.15) is 11.5 Å². The highest BCUT2D eigenvalue weighted by Gasteiger charge is 2.57. The van der Waals surface area contributed by atoms with Crippen LogP contribution in [0.2, 0.25) is 0 Å². The molecule has 2 saturated carbocycles. The van der Waals surface area contributed by atoms with Gasteiger partial charge in [0.25, 0.3) is 0 Å². The van der Waals surface area contributed by atoms with E-state index in [1.807, 2.05) is 0 Å². The molecule has 2 heteroatoms. The number of hydrogen-bond donors (Lipinski definition) is 2. The van der Waals surface area contributed by atoms with Crippen molar-refractivity contribution in [3.8, 4) is 0 Å². The molecule has 0 saturated heterocycles. The molecule has 0 unspecified atom stereocenters. The Morgan fingerprint density at radius 2 is 1.86 bits per heavy atom. The van der Waals surface area contributed by atoms with Gasteiger partial charge in [-0.25, -0.2) is 0 Å². The molecule has 0 radical (unpaired) electrons. The highest BCUT2D eigenvalue weighted by atomic mass is 16.3. The summed E-state index contributed by atoms with van der Waals surface area (Å²) in [5.41, 5.74) is 1.65. The van der Waals surface area contributed by atoms with Crippen LogP contribution in [0.25, 0.3) is 0 Å². The summed E-state index contributed by atoms with van der Waals surface area (Å²) < 4.78 is 0. The van der Waals surface area contributed by atoms with Crippen molar-refractivity contribution in [1.82, 2.24) is 0 Å². The Labute approximate surface area is 127 Å². The van der Waals surface area contributed by atoms with E-state index in [2.05, 4.69) is 19.9 Å². The van der Waals surface area contributed by atoms with Crippen LogP contribution in [0.4, 0.5) is 0 Å². The van der Waals surface area contributed by atoms with Crippen molar-refractivity contribution in [2.45, 2.75) is 65.2 Å². The van der Waals surface area contributed by atoms with Gasteiger partial charge >= 0.3 is 0 Å². The number of fused-ring (bicyclic) bond motifs is 5. The number of rotatable bonds is 0. The Kier molecular flexibility index (Phi) is 2.81. The van der Waals surface area contributed by atoms with E-state index in [0.717, 1.165) is 12.3 Å². The summed E-state index contributed by atoms with van der Waals surface area (Å²) in [6.07, 6.45) is 11.8. The minimum atomic E-state index is -0.283. The Balaban J connectivity index is 1.77. The van der Waals surface area contributed by atoms with E-state index in [9.17, 15) is 10.2 Å². The lowest BCUT2D eigenvalue weighted by Gasteiger charge is -2.56. The summed E-state index contributed by atoms with van der Waals surface area (Å²) in [6, 6.07) is 0. The molecule has 0 aromatic heterocycles. The molecule has 4 rings (SSSR count). The molecule has 5 atom stereocenters. The Morgan fingerprint density at radius 3 is 2.67 bits per heavy atom. The van der Waals surface area contributed by atoms with Crippen molar-refractivity contribution in [2.24, 2.45) is 28.6 Å². The number of aliphatic hydroxyl groups excluding tert-OH is 2. The first-order valence-corrected chi connectivity index (χ1v) is 8.78. The molecule has 0 bridgehead atoms. The van der Waals surface area contributed by atoms with E-state index >= 15 is 0 Å². The summed E-state index contributed by atoms with van der Waals surface area (Å²) in [4.78, 5) is 0. The van der Waals surface area contributed by atoms with Crippen LogP contribution in [0, 0.1) is 28.6 Å². The maximum absolute atomic E-state index is 10.7. The molecule has 2 nitrogen and oxygen atoms in total. The molecule has 2 fully saturated rings. The quantitative estimate of drug-likeness (QED) is 0.596. The molecule has 2 N–H and O–H groups in total. The maximum Gasteiger partial charge on any atom is 0.140 e. The summed E-state index contributed by atoms with van der Waals surface area (Å²) in [6.45, 7) is 4.69. The molecule has 0 aromatic rings. The molecule has 0 spiro atoms. The second kappa shape index (κ2) is 4.30. The third kappa shape index (κ3) is 1.65. The largest absolute Gasteiger partial charge is 0.509 e. The normalized spacial score (nSPS) is 49.2. The van der Waals surface area contributed by atoms with Crippen LogP contribution in [-0.2, 0) is 0 Å². The summed E-state index contributed by atoms with van der Waals surface area (Å²) in [5.74, 6) is 2.58. The van der Waals surface area contributed by atoms with Gasteiger partial charge in [0.2, 0.25) is 0 Å². The highest BCUT2D eigenvalue weighted by Crippen LogP contribution is 2.65. The third-order valence-electron chi connectivity index (χ3n) is 7.66. The van der Waals surface area contributed by atoms with Crippen LogP contribution >= 0.6 is 0 Å². The average molecular weight is 288 g/mol. The van der Waals surface area contributed by atoms with E-state index in [1.54, 1.807) is 0 Å². The van der Waals surface area contributed by atoms with Gasteiger partial charge in [0.05, 0.1) is 5.41 Å². The predicted octanol–water partition coefficient (Wildman–Crippen LogP) is 5.28. The lowest BCUT2D eigenvalue weighted by atomic mass is 9.49. The van der Waals surface area contributed by atoms with Gasteiger partial charge in [-0.05, 0) is 68.6 Å². The smallest absolute Gasteiger partial charge is 0.140 e. The molecule has 0 aromatic carbocycles. The van der Waals surface area contributed by atoms with Crippen LogP contribution < -0.4 is 0 Å². The minimum Gasteiger partial charge on any atom is -0.509 e. The molecule has 116 valence electrons. The van der Waals surface area contributed by atoms with Crippen LogP contribution in [-0.4, -0.2) is 10.2 Å². The fourth-order valence-corrected chi connectivity index (χ4v) is 6.42. The fourth-order valence-electron chi connectivity index (χ4n) is 6.42. The Hall–Kier alpha value is -0.920. The first-order valence-electron chi connectivity index (χ1n) is 8.78. The molecular weight excluding hydrogens is 260 g/mol. The third-order valence-corrected chi connectivity index (χ3v) is 7.66. The predicted molar refractivity (Wildman–Crippen MR) is 84.0 cm³/mol. The molecule has 0 heterocycles. The van der Waals surface area contributed by atoms with Gasteiger partial charge < -0.3 is 10.2 Å². The van der Waals surface area contributed by atoms with Crippen LogP contribution in [0.15, 0.2) is 23.2 Å². The molecule has 4 aliphatic rings. The van der Waals surface area contributed by atoms with Crippen molar-refractivity contribution in [3.05, 3.63) is 23.2 Å². The molecule has 0 aliphatic heterocycles. The highest BCUT2D eigenvalue weighted by molar-refractivity contribution is 5.35. The van der Waals surface area contributed by atoms with Crippen molar-refractivity contribution in [2.75, 3.05) is 0 Å². The van der Waals surface area contributed by atoms with E-state index in [1.165, 1.54) is 44.1 Å². The minimum absolute atomic E-state index is 0.245. The zero-order chi connectivity index (χ0) is 14.8. The number of allylic oxidation sites excluding steroid dienone is 3. The van der Waals surface area contributed by atoms with Crippen molar-refractivity contribution in [3.63, 3.8) is 0 Å². The number of hydrogen-bond acceptors (Lipinski definition) is 2. The van der Waals surface area contributed by atoms with Gasteiger partial charge in [-0.15, -0.1) is 0 Å². The Morgan fingerprint density at radius 1 is 1.05 bits per heavy atom. The van der Waals surface area contributed by atoms with Gasteiger partial charge in [0, 0.05) is 6.42 Å². The number of aliphatic hydroxyl groups is 2. The average Bonchev–Trinajstić information content (AvgIpc) is 2.86. The SMILES string of the molecule is C[C@@]12CCC[C@H]1[C@@H]1CC=C3CCC(O)=C(O)[C@]3(C)[C@H]1CC2.